The van der Waals surface area contributed by atoms with Gasteiger partial charge in [-0.25, -0.2) is 4.68 Å². The van der Waals surface area contributed by atoms with Gasteiger partial charge in [0.25, 0.3) is 5.56 Å². The lowest BCUT2D eigenvalue weighted by molar-refractivity contribution is -0.305. The molecule has 21 heavy (non-hydrogen) atoms. The molecule has 1 amide bonds. The van der Waals surface area contributed by atoms with Crippen LogP contribution in [0.1, 0.15) is 12.8 Å². The van der Waals surface area contributed by atoms with E-state index in [9.17, 15) is 19.5 Å². The number of carbonyl (C=O) groups is 2. The van der Waals surface area contributed by atoms with Gasteiger partial charge < -0.3 is 15.2 Å². The summed E-state index contributed by atoms with van der Waals surface area (Å²) >= 11 is 0. The van der Waals surface area contributed by atoms with Gasteiger partial charge in [-0.3, -0.25) is 9.59 Å². The molecular formula is C13H13N4O4-. The van der Waals surface area contributed by atoms with Gasteiger partial charge in [0.15, 0.2) is 0 Å². The lowest BCUT2D eigenvalue weighted by Crippen LogP contribution is -2.35. The Morgan fingerprint density at radius 1 is 1.29 bits per heavy atom. The standard InChI is InChI=1S/C13H14N4O4/c18-11(14-7-3-6-12(19)20)8-17-13(21)9-4-1-2-5-10(9)15-16-17/h1-2,4-5H,3,6-8H2,(H,14,18)(H,19,20)/p-1. The van der Waals surface area contributed by atoms with Crippen LogP contribution in [0.15, 0.2) is 29.1 Å². The summed E-state index contributed by atoms with van der Waals surface area (Å²) in [4.78, 5) is 33.9. The maximum absolute atomic E-state index is 12.1. The fourth-order valence-electron chi connectivity index (χ4n) is 1.78. The van der Waals surface area contributed by atoms with Gasteiger partial charge >= 0.3 is 0 Å². The molecule has 1 heterocycles. The van der Waals surface area contributed by atoms with Crippen LogP contribution in [0, 0.1) is 0 Å². The normalized spacial score (nSPS) is 10.5. The van der Waals surface area contributed by atoms with Crippen molar-refractivity contribution in [3.8, 4) is 0 Å². The van der Waals surface area contributed by atoms with Crippen LogP contribution in [0.4, 0.5) is 0 Å². The predicted octanol–water partition coefficient (Wildman–Crippen LogP) is -1.56. The van der Waals surface area contributed by atoms with E-state index in [4.69, 9.17) is 0 Å². The van der Waals surface area contributed by atoms with Crippen LogP contribution in [0.2, 0.25) is 0 Å². The zero-order valence-electron chi connectivity index (χ0n) is 11.1. The van der Waals surface area contributed by atoms with Crippen LogP contribution in [0.5, 0.6) is 0 Å². The van der Waals surface area contributed by atoms with E-state index in [2.05, 4.69) is 15.6 Å². The second-order valence-electron chi connectivity index (χ2n) is 4.39. The van der Waals surface area contributed by atoms with E-state index >= 15 is 0 Å². The number of amides is 1. The average molecular weight is 289 g/mol. The van der Waals surface area contributed by atoms with E-state index in [0.29, 0.717) is 10.9 Å². The molecule has 0 fully saturated rings. The molecule has 0 saturated heterocycles. The lowest BCUT2D eigenvalue weighted by Gasteiger charge is -2.07. The van der Waals surface area contributed by atoms with E-state index in [1.807, 2.05) is 0 Å². The smallest absolute Gasteiger partial charge is 0.278 e. The first-order valence-electron chi connectivity index (χ1n) is 6.37. The highest BCUT2D eigenvalue weighted by Gasteiger charge is 2.08. The molecule has 0 aliphatic heterocycles. The third-order valence-electron chi connectivity index (χ3n) is 2.80. The van der Waals surface area contributed by atoms with Crippen LogP contribution in [0.25, 0.3) is 10.9 Å². The molecule has 1 aromatic heterocycles. The number of benzene rings is 1. The van der Waals surface area contributed by atoms with Gasteiger partial charge in [-0.2, -0.15) is 0 Å². The maximum Gasteiger partial charge on any atom is 0.278 e. The lowest BCUT2D eigenvalue weighted by atomic mass is 10.2. The van der Waals surface area contributed by atoms with Crippen LogP contribution in [-0.2, 0) is 16.1 Å². The van der Waals surface area contributed by atoms with Crippen molar-refractivity contribution in [1.29, 1.82) is 0 Å². The Balaban J connectivity index is 2.00. The molecule has 0 unspecified atom stereocenters. The third-order valence-corrected chi connectivity index (χ3v) is 2.80. The van der Waals surface area contributed by atoms with E-state index in [1.54, 1.807) is 24.3 Å². The second kappa shape index (κ2) is 6.60. The highest BCUT2D eigenvalue weighted by Crippen LogP contribution is 2.03. The number of hydrogen-bond donors (Lipinski definition) is 1. The molecule has 0 saturated carbocycles. The first kappa shape index (κ1) is 14.6. The van der Waals surface area contributed by atoms with Crippen LogP contribution >= 0.6 is 0 Å². The SMILES string of the molecule is O=C([O-])CCCNC(=O)Cn1nnc2ccccc2c1=O. The maximum atomic E-state index is 12.1. The van der Waals surface area contributed by atoms with Crippen molar-refractivity contribution in [3.63, 3.8) is 0 Å². The summed E-state index contributed by atoms with van der Waals surface area (Å²) in [5, 5.41) is 20.7. The molecule has 8 heteroatoms. The van der Waals surface area contributed by atoms with Gasteiger partial charge in [-0.1, -0.05) is 17.3 Å². The zero-order chi connectivity index (χ0) is 15.2. The van der Waals surface area contributed by atoms with Crippen LogP contribution in [0.3, 0.4) is 0 Å². The summed E-state index contributed by atoms with van der Waals surface area (Å²) in [5.41, 5.74) is 0.0682. The van der Waals surface area contributed by atoms with E-state index < -0.39 is 17.4 Å². The highest BCUT2D eigenvalue weighted by atomic mass is 16.4. The Bertz CT molecular complexity index is 725. The number of carboxylic acids is 1. The Labute approximate surface area is 119 Å². The topological polar surface area (TPSA) is 117 Å². The molecule has 0 bridgehead atoms. The van der Waals surface area contributed by atoms with Crippen molar-refractivity contribution in [2.75, 3.05) is 6.54 Å². The summed E-state index contributed by atoms with van der Waals surface area (Å²) in [7, 11) is 0. The van der Waals surface area contributed by atoms with Crippen LogP contribution in [-0.4, -0.2) is 33.4 Å². The number of carboxylic acid groups (broad SMARTS) is 1. The minimum absolute atomic E-state index is 0.129. The first-order valence-corrected chi connectivity index (χ1v) is 6.37. The molecule has 0 aliphatic rings. The van der Waals surface area contributed by atoms with E-state index in [1.165, 1.54) is 0 Å². The number of nitrogens with one attached hydrogen (secondary N) is 1. The Hall–Kier alpha value is -2.77. The zero-order valence-corrected chi connectivity index (χ0v) is 11.1. The molecule has 0 radical (unpaired) electrons. The van der Waals surface area contributed by atoms with Gasteiger partial charge in [0.1, 0.15) is 12.1 Å². The van der Waals surface area contributed by atoms with E-state index in [0.717, 1.165) is 4.68 Å². The van der Waals surface area contributed by atoms with Gasteiger partial charge in [-0.05, 0) is 25.0 Å². The fraction of sp³-hybridized carbons (Fsp3) is 0.308. The Morgan fingerprint density at radius 3 is 2.81 bits per heavy atom. The molecule has 110 valence electrons. The number of aromatic nitrogens is 3. The number of rotatable bonds is 6. The quantitative estimate of drug-likeness (QED) is 0.643. The molecule has 8 nitrogen and oxygen atoms in total. The fourth-order valence-corrected chi connectivity index (χ4v) is 1.78. The van der Waals surface area contributed by atoms with Crippen molar-refractivity contribution >= 4 is 22.8 Å². The average Bonchev–Trinajstić information content (AvgIpc) is 2.47. The molecule has 1 aromatic carbocycles. The summed E-state index contributed by atoms with van der Waals surface area (Å²) in [6.45, 7) is -0.0649. The minimum Gasteiger partial charge on any atom is -0.550 e. The predicted molar refractivity (Wildman–Crippen MR) is 71.0 cm³/mol. The Kier molecular flexibility index (Phi) is 4.60. The summed E-state index contributed by atoms with van der Waals surface area (Å²) in [6.07, 6.45) is 0.141. The molecule has 2 rings (SSSR count). The second-order valence-corrected chi connectivity index (χ2v) is 4.39. The Morgan fingerprint density at radius 2 is 2.05 bits per heavy atom. The van der Waals surface area contributed by atoms with Crippen molar-refractivity contribution in [2.24, 2.45) is 0 Å². The number of carbonyl (C=O) groups excluding carboxylic acids is 2. The molecule has 0 aliphatic carbocycles. The van der Waals surface area contributed by atoms with Gasteiger partial charge in [0.05, 0.1) is 5.39 Å². The molecular weight excluding hydrogens is 276 g/mol. The molecule has 1 N–H and O–H groups in total. The summed E-state index contributed by atoms with van der Waals surface area (Å²) < 4.78 is 0.969. The van der Waals surface area contributed by atoms with Gasteiger partial charge in [-0.15, -0.1) is 5.10 Å². The monoisotopic (exact) mass is 289 g/mol. The van der Waals surface area contributed by atoms with Crippen molar-refractivity contribution in [3.05, 3.63) is 34.6 Å². The summed E-state index contributed by atoms with van der Waals surface area (Å²) in [5.74, 6) is -1.60. The third kappa shape index (κ3) is 3.85. The summed E-state index contributed by atoms with van der Waals surface area (Å²) in [6, 6.07) is 6.72. The number of aliphatic carboxylic acids is 1. The van der Waals surface area contributed by atoms with Crippen molar-refractivity contribution < 1.29 is 14.7 Å². The number of hydrogen-bond acceptors (Lipinski definition) is 6. The number of fused-ring (bicyclic) bond motifs is 1. The minimum atomic E-state index is -1.17. The molecule has 0 atom stereocenters. The highest BCUT2D eigenvalue weighted by molar-refractivity contribution is 5.78. The number of nitrogens with zero attached hydrogens (tertiary/aromatic N) is 3. The molecule has 0 spiro atoms. The van der Waals surface area contributed by atoms with Crippen molar-refractivity contribution in [1.82, 2.24) is 20.3 Å². The largest absolute Gasteiger partial charge is 0.550 e. The van der Waals surface area contributed by atoms with Crippen LogP contribution < -0.4 is 16.0 Å². The van der Waals surface area contributed by atoms with E-state index in [-0.39, 0.29) is 25.9 Å². The first-order chi connectivity index (χ1) is 10.1. The van der Waals surface area contributed by atoms with Crippen molar-refractivity contribution in [2.45, 2.75) is 19.4 Å². The van der Waals surface area contributed by atoms with Gasteiger partial charge in [0, 0.05) is 12.5 Å². The van der Waals surface area contributed by atoms with Gasteiger partial charge in [0.2, 0.25) is 5.91 Å². The molecule has 2 aromatic rings.